The third-order valence-corrected chi connectivity index (χ3v) is 2.91. The van der Waals surface area contributed by atoms with Crippen molar-refractivity contribution in [3.05, 3.63) is 59.7 Å². The van der Waals surface area contributed by atoms with E-state index in [0.717, 1.165) is 16.9 Å². The van der Waals surface area contributed by atoms with Gasteiger partial charge in [-0.15, -0.1) is 0 Å². The maximum atomic E-state index is 9.33. The van der Waals surface area contributed by atoms with Crippen molar-refractivity contribution in [2.45, 2.75) is 6.61 Å². The molecule has 90 valence electrons. The summed E-state index contributed by atoms with van der Waals surface area (Å²) in [6.07, 6.45) is 0. The van der Waals surface area contributed by atoms with E-state index in [9.17, 15) is 5.11 Å². The van der Waals surface area contributed by atoms with Crippen molar-refractivity contribution in [2.24, 2.45) is 0 Å². The SMILES string of the molecule is CN(c1ccc(C#N)cc1)c1ccccc1CO. The molecule has 0 unspecified atom stereocenters. The Hall–Kier alpha value is -2.31. The summed E-state index contributed by atoms with van der Waals surface area (Å²) in [5.41, 5.74) is 3.46. The van der Waals surface area contributed by atoms with Gasteiger partial charge < -0.3 is 10.0 Å². The molecule has 3 nitrogen and oxygen atoms in total. The number of aliphatic hydroxyl groups excluding tert-OH is 1. The van der Waals surface area contributed by atoms with Crippen LogP contribution in [0.15, 0.2) is 48.5 Å². The summed E-state index contributed by atoms with van der Waals surface area (Å²) in [5, 5.41) is 18.1. The molecule has 0 spiro atoms. The van der Waals surface area contributed by atoms with Crippen LogP contribution >= 0.6 is 0 Å². The lowest BCUT2D eigenvalue weighted by molar-refractivity contribution is 0.282. The lowest BCUT2D eigenvalue weighted by Crippen LogP contribution is -2.11. The van der Waals surface area contributed by atoms with Crippen molar-refractivity contribution >= 4 is 11.4 Å². The largest absolute Gasteiger partial charge is 0.392 e. The number of nitriles is 1. The van der Waals surface area contributed by atoms with Gasteiger partial charge >= 0.3 is 0 Å². The van der Waals surface area contributed by atoms with Crippen LogP contribution in [-0.2, 0) is 6.61 Å². The second-order valence-electron chi connectivity index (χ2n) is 4.00. The Morgan fingerprint density at radius 3 is 2.39 bits per heavy atom. The Morgan fingerprint density at radius 2 is 1.78 bits per heavy atom. The Labute approximate surface area is 107 Å². The minimum Gasteiger partial charge on any atom is -0.392 e. The highest BCUT2D eigenvalue weighted by Gasteiger charge is 2.07. The number of anilines is 2. The fourth-order valence-electron chi connectivity index (χ4n) is 1.87. The number of hydrogen-bond donors (Lipinski definition) is 1. The van der Waals surface area contributed by atoms with Gasteiger partial charge in [0, 0.05) is 24.0 Å². The average molecular weight is 238 g/mol. The van der Waals surface area contributed by atoms with Gasteiger partial charge in [-0.05, 0) is 30.3 Å². The van der Waals surface area contributed by atoms with Crippen molar-refractivity contribution in [1.82, 2.24) is 0 Å². The Balaban J connectivity index is 2.35. The molecule has 2 rings (SSSR count). The summed E-state index contributed by atoms with van der Waals surface area (Å²) in [7, 11) is 1.94. The smallest absolute Gasteiger partial charge is 0.0991 e. The van der Waals surface area contributed by atoms with Crippen LogP contribution in [0.25, 0.3) is 0 Å². The Kier molecular flexibility index (Phi) is 3.61. The summed E-state index contributed by atoms with van der Waals surface area (Å²) >= 11 is 0. The van der Waals surface area contributed by atoms with Gasteiger partial charge in [0.1, 0.15) is 0 Å². The lowest BCUT2D eigenvalue weighted by atomic mass is 10.1. The van der Waals surface area contributed by atoms with Gasteiger partial charge in [-0.1, -0.05) is 18.2 Å². The first kappa shape index (κ1) is 12.2. The standard InChI is InChI=1S/C15H14N2O/c1-17(14-8-6-12(10-16)7-9-14)15-5-3-2-4-13(15)11-18/h2-9,18H,11H2,1H3. The molecule has 0 atom stereocenters. The summed E-state index contributed by atoms with van der Waals surface area (Å²) in [6, 6.07) is 17.2. The summed E-state index contributed by atoms with van der Waals surface area (Å²) in [6.45, 7) is 0.0107. The van der Waals surface area contributed by atoms with E-state index < -0.39 is 0 Å². The molecule has 0 fully saturated rings. The number of para-hydroxylation sites is 1. The second-order valence-corrected chi connectivity index (χ2v) is 4.00. The van der Waals surface area contributed by atoms with Crippen molar-refractivity contribution < 1.29 is 5.11 Å². The summed E-state index contributed by atoms with van der Waals surface area (Å²) < 4.78 is 0. The highest BCUT2D eigenvalue weighted by atomic mass is 16.3. The molecule has 2 aromatic carbocycles. The molecule has 0 saturated heterocycles. The van der Waals surface area contributed by atoms with Crippen LogP contribution in [0.5, 0.6) is 0 Å². The Morgan fingerprint density at radius 1 is 1.11 bits per heavy atom. The van der Waals surface area contributed by atoms with Crippen LogP contribution in [0.1, 0.15) is 11.1 Å². The molecule has 2 aromatic rings. The molecular formula is C15H14N2O. The second kappa shape index (κ2) is 5.35. The van der Waals surface area contributed by atoms with Gasteiger partial charge in [-0.25, -0.2) is 0 Å². The molecule has 18 heavy (non-hydrogen) atoms. The van der Waals surface area contributed by atoms with Crippen LogP contribution in [-0.4, -0.2) is 12.2 Å². The van der Waals surface area contributed by atoms with E-state index in [0.29, 0.717) is 5.56 Å². The van der Waals surface area contributed by atoms with Gasteiger partial charge in [0.2, 0.25) is 0 Å². The van der Waals surface area contributed by atoms with Crippen LogP contribution in [0.2, 0.25) is 0 Å². The monoisotopic (exact) mass is 238 g/mol. The topological polar surface area (TPSA) is 47.3 Å². The van der Waals surface area contributed by atoms with Crippen molar-refractivity contribution in [1.29, 1.82) is 5.26 Å². The van der Waals surface area contributed by atoms with Crippen LogP contribution in [0.4, 0.5) is 11.4 Å². The van der Waals surface area contributed by atoms with E-state index in [4.69, 9.17) is 5.26 Å². The molecule has 0 aromatic heterocycles. The number of nitrogens with zero attached hydrogens (tertiary/aromatic N) is 2. The van der Waals surface area contributed by atoms with Crippen LogP contribution in [0.3, 0.4) is 0 Å². The molecule has 0 aliphatic carbocycles. The highest BCUT2D eigenvalue weighted by molar-refractivity contribution is 5.66. The number of hydrogen-bond acceptors (Lipinski definition) is 3. The van der Waals surface area contributed by atoms with Crippen LogP contribution < -0.4 is 4.90 Å². The van der Waals surface area contributed by atoms with Crippen molar-refractivity contribution in [3.8, 4) is 6.07 Å². The van der Waals surface area contributed by atoms with Crippen molar-refractivity contribution in [2.75, 3.05) is 11.9 Å². The minimum absolute atomic E-state index is 0.0107. The van der Waals surface area contributed by atoms with E-state index in [1.807, 2.05) is 48.3 Å². The molecule has 0 radical (unpaired) electrons. The van der Waals surface area contributed by atoms with Crippen LogP contribution in [0, 0.1) is 11.3 Å². The molecule has 0 saturated carbocycles. The molecule has 0 aliphatic rings. The quantitative estimate of drug-likeness (QED) is 0.894. The molecule has 1 N–H and O–H groups in total. The molecule has 3 heteroatoms. The first-order valence-electron chi connectivity index (χ1n) is 5.69. The third-order valence-electron chi connectivity index (χ3n) is 2.91. The van der Waals surface area contributed by atoms with E-state index in [1.54, 1.807) is 12.1 Å². The zero-order valence-electron chi connectivity index (χ0n) is 10.2. The highest BCUT2D eigenvalue weighted by Crippen LogP contribution is 2.27. The zero-order valence-corrected chi connectivity index (χ0v) is 10.2. The van der Waals surface area contributed by atoms with Crippen molar-refractivity contribution in [3.63, 3.8) is 0 Å². The fourth-order valence-corrected chi connectivity index (χ4v) is 1.87. The van der Waals surface area contributed by atoms with Gasteiger partial charge in [-0.3, -0.25) is 0 Å². The normalized spacial score (nSPS) is 9.83. The fraction of sp³-hybridized carbons (Fsp3) is 0.133. The summed E-state index contributed by atoms with van der Waals surface area (Å²) in [4.78, 5) is 1.99. The van der Waals surface area contributed by atoms with Gasteiger partial charge in [0.15, 0.2) is 0 Å². The van der Waals surface area contributed by atoms with E-state index in [1.165, 1.54) is 0 Å². The molecule has 0 aliphatic heterocycles. The lowest BCUT2D eigenvalue weighted by Gasteiger charge is -2.22. The van der Waals surface area contributed by atoms with E-state index in [2.05, 4.69) is 6.07 Å². The Bertz CT molecular complexity index is 570. The maximum Gasteiger partial charge on any atom is 0.0991 e. The minimum atomic E-state index is 0.0107. The molecular weight excluding hydrogens is 224 g/mol. The zero-order chi connectivity index (χ0) is 13.0. The number of rotatable bonds is 3. The predicted octanol–water partition coefficient (Wildman–Crippen LogP) is 2.82. The maximum absolute atomic E-state index is 9.33. The third kappa shape index (κ3) is 2.34. The predicted molar refractivity (Wildman–Crippen MR) is 71.6 cm³/mol. The first-order chi connectivity index (χ1) is 8.76. The molecule has 0 amide bonds. The van der Waals surface area contributed by atoms with Gasteiger partial charge in [0.05, 0.1) is 18.2 Å². The summed E-state index contributed by atoms with van der Waals surface area (Å²) in [5.74, 6) is 0. The average Bonchev–Trinajstić information content (AvgIpc) is 2.46. The molecule has 0 bridgehead atoms. The van der Waals surface area contributed by atoms with E-state index in [-0.39, 0.29) is 6.61 Å². The molecule has 0 heterocycles. The first-order valence-corrected chi connectivity index (χ1v) is 5.69. The number of benzene rings is 2. The van der Waals surface area contributed by atoms with Gasteiger partial charge in [0.25, 0.3) is 0 Å². The van der Waals surface area contributed by atoms with E-state index >= 15 is 0 Å². The number of aliphatic hydroxyl groups is 1. The van der Waals surface area contributed by atoms with Gasteiger partial charge in [-0.2, -0.15) is 5.26 Å².